The number of aryl methyl sites for hydroxylation is 1. The number of hydrogen-bond donors (Lipinski definition) is 0. The van der Waals surface area contributed by atoms with Crippen molar-refractivity contribution < 1.29 is 9.53 Å². The van der Waals surface area contributed by atoms with E-state index in [2.05, 4.69) is 6.07 Å². The van der Waals surface area contributed by atoms with Gasteiger partial charge in [-0.15, -0.1) is 0 Å². The predicted molar refractivity (Wildman–Crippen MR) is 72.4 cm³/mol. The molecule has 0 aliphatic rings. The summed E-state index contributed by atoms with van der Waals surface area (Å²) in [6.07, 6.45) is 0.890. The summed E-state index contributed by atoms with van der Waals surface area (Å²) in [4.78, 5) is 11.2. The Kier molecular flexibility index (Phi) is 2.33. The molecular weight excluding hydrogens is 226 g/mol. The average molecular weight is 239 g/mol. The highest BCUT2D eigenvalue weighted by Crippen LogP contribution is 2.36. The largest absolute Gasteiger partial charge is 0.496 e. The molecule has 2 aromatic carbocycles. The topological polar surface area (TPSA) is 31.2 Å². The Morgan fingerprint density at radius 3 is 2.67 bits per heavy atom. The molecule has 1 heterocycles. The van der Waals surface area contributed by atoms with Crippen LogP contribution >= 0.6 is 0 Å². The minimum atomic E-state index is 0.685. The van der Waals surface area contributed by atoms with Gasteiger partial charge in [0.2, 0.25) is 0 Å². The van der Waals surface area contributed by atoms with E-state index in [0.29, 0.717) is 5.56 Å². The summed E-state index contributed by atoms with van der Waals surface area (Å²) in [5.41, 5.74) is 2.70. The van der Waals surface area contributed by atoms with Crippen molar-refractivity contribution in [2.75, 3.05) is 7.11 Å². The van der Waals surface area contributed by atoms with Crippen LogP contribution in [0.5, 0.6) is 5.75 Å². The van der Waals surface area contributed by atoms with Crippen molar-refractivity contribution in [2.45, 2.75) is 0 Å². The standard InChI is InChI=1S/C15H13NO2/c1-16-12-6-4-3-5-11(12)14-13(18-2)8-7-10(9-17)15(14)16/h3-9H,1-2H3. The molecule has 1 aromatic heterocycles. The van der Waals surface area contributed by atoms with E-state index in [0.717, 1.165) is 33.8 Å². The molecule has 0 atom stereocenters. The normalized spacial score (nSPS) is 11.0. The van der Waals surface area contributed by atoms with Crippen LogP contribution in [0.3, 0.4) is 0 Å². The fourth-order valence-corrected chi connectivity index (χ4v) is 2.57. The summed E-state index contributed by atoms with van der Waals surface area (Å²) >= 11 is 0. The monoisotopic (exact) mass is 239 g/mol. The highest BCUT2D eigenvalue weighted by atomic mass is 16.5. The number of fused-ring (bicyclic) bond motifs is 3. The Morgan fingerprint density at radius 2 is 1.94 bits per heavy atom. The molecule has 0 spiro atoms. The number of carbonyl (C=O) groups is 1. The Hall–Kier alpha value is -2.29. The average Bonchev–Trinajstić information content (AvgIpc) is 2.73. The fraction of sp³-hybridized carbons (Fsp3) is 0.133. The van der Waals surface area contributed by atoms with Crippen LogP contribution in [0.2, 0.25) is 0 Å². The van der Waals surface area contributed by atoms with E-state index in [1.165, 1.54) is 0 Å². The lowest BCUT2D eigenvalue weighted by Gasteiger charge is -2.05. The van der Waals surface area contributed by atoms with Crippen molar-refractivity contribution in [3.8, 4) is 5.75 Å². The summed E-state index contributed by atoms with van der Waals surface area (Å²) in [7, 11) is 3.62. The molecule has 0 radical (unpaired) electrons. The number of aromatic nitrogens is 1. The Bertz CT molecular complexity index is 756. The lowest BCUT2D eigenvalue weighted by molar-refractivity contribution is 0.112. The number of carbonyl (C=O) groups excluding carboxylic acids is 1. The lowest BCUT2D eigenvalue weighted by Crippen LogP contribution is -1.93. The van der Waals surface area contributed by atoms with Crippen molar-refractivity contribution in [2.24, 2.45) is 7.05 Å². The maximum absolute atomic E-state index is 11.2. The number of para-hydroxylation sites is 1. The fourth-order valence-electron chi connectivity index (χ4n) is 2.57. The van der Waals surface area contributed by atoms with Gasteiger partial charge in [0.15, 0.2) is 6.29 Å². The van der Waals surface area contributed by atoms with E-state index in [1.807, 2.05) is 35.9 Å². The Balaban J connectivity index is 2.65. The first-order valence-corrected chi connectivity index (χ1v) is 5.77. The SMILES string of the molecule is COc1ccc(C=O)c2c1c1ccccc1n2C. The molecule has 0 saturated carbocycles. The van der Waals surface area contributed by atoms with Gasteiger partial charge in [0.1, 0.15) is 5.75 Å². The third-order valence-electron chi connectivity index (χ3n) is 3.39. The summed E-state index contributed by atoms with van der Waals surface area (Å²) in [6.45, 7) is 0. The molecule has 18 heavy (non-hydrogen) atoms. The first kappa shape index (κ1) is 10.8. The number of rotatable bonds is 2. The van der Waals surface area contributed by atoms with Gasteiger partial charge >= 0.3 is 0 Å². The zero-order valence-corrected chi connectivity index (χ0v) is 10.3. The number of ether oxygens (including phenoxy) is 1. The number of benzene rings is 2. The van der Waals surface area contributed by atoms with Crippen LogP contribution in [-0.2, 0) is 7.05 Å². The van der Waals surface area contributed by atoms with E-state index >= 15 is 0 Å². The molecule has 0 bridgehead atoms. The van der Waals surface area contributed by atoms with E-state index in [9.17, 15) is 4.79 Å². The zero-order chi connectivity index (χ0) is 12.7. The molecular formula is C15H13NO2. The molecule has 0 amide bonds. The second-order valence-corrected chi connectivity index (χ2v) is 4.27. The van der Waals surface area contributed by atoms with E-state index < -0.39 is 0 Å². The summed E-state index contributed by atoms with van der Waals surface area (Å²) in [5.74, 6) is 0.799. The van der Waals surface area contributed by atoms with Crippen LogP contribution in [-0.4, -0.2) is 18.0 Å². The van der Waals surface area contributed by atoms with Gasteiger partial charge in [0.25, 0.3) is 0 Å². The second-order valence-electron chi connectivity index (χ2n) is 4.27. The van der Waals surface area contributed by atoms with Crippen LogP contribution in [0.1, 0.15) is 10.4 Å². The highest BCUT2D eigenvalue weighted by molar-refractivity contribution is 6.15. The van der Waals surface area contributed by atoms with Crippen LogP contribution in [0, 0.1) is 0 Å². The van der Waals surface area contributed by atoms with Gasteiger partial charge in [-0.3, -0.25) is 4.79 Å². The van der Waals surface area contributed by atoms with E-state index in [4.69, 9.17) is 4.74 Å². The van der Waals surface area contributed by atoms with Crippen molar-refractivity contribution in [1.29, 1.82) is 0 Å². The summed E-state index contributed by atoms with van der Waals surface area (Å²) < 4.78 is 7.46. The van der Waals surface area contributed by atoms with Gasteiger partial charge in [-0.2, -0.15) is 0 Å². The minimum absolute atomic E-state index is 0.685. The van der Waals surface area contributed by atoms with Crippen molar-refractivity contribution in [3.63, 3.8) is 0 Å². The second kappa shape index (κ2) is 3.88. The van der Waals surface area contributed by atoms with Crippen molar-refractivity contribution in [3.05, 3.63) is 42.0 Å². The minimum Gasteiger partial charge on any atom is -0.496 e. The maximum Gasteiger partial charge on any atom is 0.152 e. The smallest absolute Gasteiger partial charge is 0.152 e. The number of aldehydes is 1. The Morgan fingerprint density at radius 1 is 1.17 bits per heavy atom. The van der Waals surface area contributed by atoms with Crippen LogP contribution in [0.15, 0.2) is 36.4 Å². The first-order valence-electron chi connectivity index (χ1n) is 5.77. The molecule has 3 heteroatoms. The number of hydrogen-bond acceptors (Lipinski definition) is 2. The molecule has 0 unspecified atom stereocenters. The molecule has 0 fully saturated rings. The third kappa shape index (κ3) is 1.27. The summed E-state index contributed by atoms with van der Waals surface area (Å²) in [5, 5.41) is 2.11. The first-order chi connectivity index (χ1) is 8.77. The van der Waals surface area contributed by atoms with Gasteiger partial charge in [-0.05, 0) is 18.2 Å². The van der Waals surface area contributed by atoms with Crippen molar-refractivity contribution >= 4 is 28.1 Å². The van der Waals surface area contributed by atoms with Crippen LogP contribution in [0.4, 0.5) is 0 Å². The van der Waals surface area contributed by atoms with Crippen molar-refractivity contribution in [1.82, 2.24) is 4.57 Å². The van der Waals surface area contributed by atoms with Crippen LogP contribution in [0.25, 0.3) is 21.8 Å². The molecule has 0 N–H and O–H groups in total. The molecule has 0 saturated heterocycles. The third-order valence-corrected chi connectivity index (χ3v) is 3.39. The molecule has 3 rings (SSSR count). The zero-order valence-electron chi connectivity index (χ0n) is 10.3. The van der Waals surface area contributed by atoms with Gasteiger partial charge in [-0.25, -0.2) is 0 Å². The maximum atomic E-state index is 11.2. The summed E-state index contributed by atoms with van der Waals surface area (Å²) in [6, 6.07) is 11.7. The molecule has 0 aliphatic carbocycles. The molecule has 0 aliphatic heterocycles. The highest BCUT2D eigenvalue weighted by Gasteiger charge is 2.15. The lowest BCUT2D eigenvalue weighted by atomic mass is 10.1. The predicted octanol–water partition coefficient (Wildman–Crippen LogP) is 3.15. The van der Waals surface area contributed by atoms with E-state index in [-0.39, 0.29) is 0 Å². The number of methoxy groups -OCH3 is 1. The van der Waals surface area contributed by atoms with Gasteiger partial charge in [0.05, 0.1) is 18.0 Å². The Labute approximate surface area is 105 Å². The van der Waals surface area contributed by atoms with Gasteiger partial charge in [0, 0.05) is 23.5 Å². The quantitative estimate of drug-likeness (QED) is 0.643. The van der Waals surface area contributed by atoms with Gasteiger partial charge in [-0.1, -0.05) is 18.2 Å². The molecule has 90 valence electrons. The van der Waals surface area contributed by atoms with E-state index in [1.54, 1.807) is 13.2 Å². The number of nitrogens with zero attached hydrogens (tertiary/aromatic N) is 1. The van der Waals surface area contributed by atoms with Gasteiger partial charge < -0.3 is 9.30 Å². The van der Waals surface area contributed by atoms with Crippen LogP contribution < -0.4 is 4.74 Å². The molecule has 3 aromatic rings. The molecule has 3 nitrogen and oxygen atoms in total.